The number of tetrazole rings is 1. The molecule has 1 atom stereocenters. The predicted octanol–water partition coefficient (Wildman–Crippen LogP) is 5.13. The lowest BCUT2D eigenvalue weighted by atomic mass is 10.0. The van der Waals surface area contributed by atoms with Crippen LogP contribution < -0.4 is 10.3 Å². The lowest BCUT2D eigenvalue weighted by Crippen LogP contribution is -2.36. The van der Waals surface area contributed by atoms with E-state index in [4.69, 9.17) is 4.74 Å². The summed E-state index contributed by atoms with van der Waals surface area (Å²) in [4.78, 5) is 18.5. The van der Waals surface area contributed by atoms with Crippen LogP contribution in [0.5, 0.6) is 5.75 Å². The number of fused-ring (bicyclic) bond motifs is 1. The quantitative estimate of drug-likeness (QED) is 0.333. The number of H-pyrrole nitrogens is 1. The molecule has 0 spiro atoms. The van der Waals surface area contributed by atoms with E-state index in [1.54, 1.807) is 7.11 Å². The van der Waals surface area contributed by atoms with Crippen molar-refractivity contribution in [3.8, 4) is 5.75 Å². The summed E-state index contributed by atoms with van der Waals surface area (Å²) in [6.07, 6.45) is 1.69. The van der Waals surface area contributed by atoms with Gasteiger partial charge in [0.05, 0.1) is 18.7 Å². The highest BCUT2D eigenvalue weighted by atomic mass is 16.5. The molecule has 36 heavy (non-hydrogen) atoms. The average molecular weight is 489 g/mol. The molecule has 0 fully saturated rings. The van der Waals surface area contributed by atoms with Crippen LogP contribution in [-0.4, -0.2) is 37.2 Å². The maximum absolute atomic E-state index is 13.1. The Balaban J connectivity index is 1.77. The van der Waals surface area contributed by atoms with Gasteiger partial charge in [-0.1, -0.05) is 43.7 Å². The molecule has 0 saturated heterocycles. The van der Waals surface area contributed by atoms with Gasteiger partial charge in [0.2, 0.25) is 0 Å². The largest absolute Gasteiger partial charge is 0.497 e. The van der Waals surface area contributed by atoms with Crippen LogP contribution in [-0.2, 0) is 18.6 Å². The summed E-state index contributed by atoms with van der Waals surface area (Å²) in [5.74, 6) is 1.57. The van der Waals surface area contributed by atoms with Gasteiger partial charge in [-0.2, -0.15) is 0 Å². The molecule has 4 rings (SSSR count). The van der Waals surface area contributed by atoms with E-state index in [1.165, 1.54) is 11.1 Å². The van der Waals surface area contributed by atoms with Crippen molar-refractivity contribution in [3.63, 3.8) is 0 Å². The van der Waals surface area contributed by atoms with Crippen molar-refractivity contribution < 1.29 is 4.74 Å². The number of aromatic nitrogens is 5. The van der Waals surface area contributed by atoms with Gasteiger partial charge in [-0.3, -0.25) is 9.69 Å². The SMILES string of the molecule is CCC(c1nnnn1C(C)(C)CC)N(Cc1ccc(C)cc1)Cc1cc2cc(OC)ccc2[nH]c1=O. The fourth-order valence-corrected chi connectivity index (χ4v) is 4.48. The zero-order valence-electron chi connectivity index (χ0n) is 22.1. The van der Waals surface area contributed by atoms with Gasteiger partial charge in [0, 0.05) is 29.6 Å². The number of hydrogen-bond acceptors (Lipinski definition) is 6. The Hall–Kier alpha value is -3.52. The molecule has 190 valence electrons. The molecule has 4 aromatic rings. The summed E-state index contributed by atoms with van der Waals surface area (Å²) in [6.45, 7) is 11.8. The zero-order chi connectivity index (χ0) is 25.9. The third-order valence-corrected chi connectivity index (χ3v) is 7.07. The molecule has 0 saturated carbocycles. The number of aryl methyl sites for hydroxylation is 1. The highest BCUT2D eigenvalue weighted by molar-refractivity contribution is 5.80. The maximum Gasteiger partial charge on any atom is 0.252 e. The Kier molecular flexibility index (Phi) is 7.54. The molecule has 0 aliphatic carbocycles. The van der Waals surface area contributed by atoms with Crippen LogP contribution in [0, 0.1) is 6.92 Å². The first-order valence-corrected chi connectivity index (χ1v) is 12.5. The molecule has 1 N–H and O–H groups in total. The summed E-state index contributed by atoms with van der Waals surface area (Å²) in [7, 11) is 1.64. The second-order valence-corrected chi connectivity index (χ2v) is 10.0. The van der Waals surface area contributed by atoms with Gasteiger partial charge < -0.3 is 9.72 Å². The lowest BCUT2D eigenvalue weighted by Gasteiger charge is -2.33. The molecule has 0 amide bonds. The van der Waals surface area contributed by atoms with Crippen molar-refractivity contribution in [2.24, 2.45) is 0 Å². The summed E-state index contributed by atoms with van der Waals surface area (Å²) in [5.41, 5.74) is 3.55. The van der Waals surface area contributed by atoms with Gasteiger partial charge in [0.25, 0.3) is 5.56 Å². The predicted molar refractivity (Wildman–Crippen MR) is 142 cm³/mol. The van der Waals surface area contributed by atoms with Crippen LogP contribution in [0.3, 0.4) is 0 Å². The Bertz CT molecular complexity index is 1370. The Morgan fingerprint density at radius 1 is 1.08 bits per heavy atom. The van der Waals surface area contributed by atoms with Gasteiger partial charge in [0.15, 0.2) is 5.82 Å². The van der Waals surface area contributed by atoms with Crippen LogP contribution in [0.15, 0.2) is 53.3 Å². The van der Waals surface area contributed by atoms with Crippen LogP contribution in [0.1, 0.15) is 69.1 Å². The first-order valence-electron chi connectivity index (χ1n) is 12.5. The number of rotatable bonds is 10. The molecular weight excluding hydrogens is 452 g/mol. The number of nitrogens with zero attached hydrogens (tertiary/aromatic N) is 5. The van der Waals surface area contributed by atoms with Crippen LogP contribution in [0.25, 0.3) is 10.9 Å². The van der Waals surface area contributed by atoms with Crippen molar-refractivity contribution in [1.29, 1.82) is 0 Å². The van der Waals surface area contributed by atoms with Crippen molar-refractivity contribution in [3.05, 3.63) is 81.4 Å². The van der Waals surface area contributed by atoms with Crippen molar-refractivity contribution >= 4 is 10.9 Å². The maximum atomic E-state index is 13.1. The van der Waals surface area contributed by atoms with E-state index >= 15 is 0 Å². The molecule has 2 heterocycles. The Labute approximate surface area is 212 Å². The molecule has 1 unspecified atom stereocenters. The average Bonchev–Trinajstić information content (AvgIpc) is 3.36. The van der Waals surface area contributed by atoms with Gasteiger partial charge >= 0.3 is 0 Å². The smallest absolute Gasteiger partial charge is 0.252 e. The number of hydrogen-bond donors (Lipinski definition) is 1. The lowest BCUT2D eigenvalue weighted by molar-refractivity contribution is 0.150. The van der Waals surface area contributed by atoms with E-state index in [9.17, 15) is 4.79 Å². The molecule has 2 aromatic heterocycles. The normalized spacial score (nSPS) is 12.9. The van der Waals surface area contributed by atoms with Gasteiger partial charge in [-0.25, -0.2) is 4.68 Å². The number of aromatic amines is 1. The minimum atomic E-state index is -0.223. The van der Waals surface area contributed by atoms with E-state index in [-0.39, 0.29) is 17.1 Å². The minimum Gasteiger partial charge on any atom is -0.497 e. The van der Waals surface area contributed by atoms with E-state index in [2.05, 4.69) is 84.3 Å². The molecule has 0 aliphatic heterocycles. The number of methoxy groups -OCH3 is 1. The van der Waals surface area contributed by atoms with Crippen LogP contribution >= 0.6 is 0 Å². The van der Waals surface area contributed by atoms with Gasteiger partial charge in [-0.05, 0) is 73.9 Å². The van der Waals surface area contributed by atoms with E-state index in [0.29, 0.717) is 18.7 Å². The zero-order valence-corrected chi connectivity index (χ0v) is 22.1. The van der Waals surface area contributed by atoms with Crippen molar-refractivity contribution in [1.82, 2.24) is 30.1 Å². The minimum absolute atomic E-state index is 0.0764. The molecular formula is C28H36N6O2. The van der Waals surface area contributed by atoms with Crippen molar-refractivity contribution in [2.45, 2.75) is 72.1 Å². The fraction of sp³-hybridized carbons (Fsp3) is 0.429. The summed E-state index contributed by atoms with van der Waals surface area (Å²) in [5, 5.41) is 13.8. The van der Waals surface area contributed by atoms with E-state index < -0.39 is 0 Å². The summed E-state index contributed by atoms with van der Waals surface area (Å²) in [6, 6.07) is 16.1. The number of benzene rings is 2. The number of nitrogens with one attached hydrogen (secondary N) is 1. The third-order valence-electron chi connectivity index (χ3n) is 7.07. The molecule has 0 radical (unpaired) electrons. The molecule has 0 bridgehead atoms. The molecule has 8 heteroatoms. The van der Waals surface area contributed by atoms with Gasteiger partial charge in [0.1, 0.15) is 5.75 Å². The highest BCUT2D eigenvalue weighted by Gasteiger charge is 2.31. The Morgan fingerprint density at radius 2 is 1.83 bits per heavy atom. The Morgan fingerprint density at radius 3 is 2.50 bits per heavy atom. The first kappa shape index (κ1) is 25.6. The standard InChI is InChI=1S/C28H36N6O2/c1-7-25(26-30-31-32-34(26)28(4,5)8-2)33(17-20-11-9-19(3)10-12-20)18-22-15-21-16-23(36-6)13-14-24(21)29-27(22)35/h9-16,25H,7-8,17-18H2,1-6H3,(H,29,35). The summed E-state index contributed by atoms with van der Waals surface area (Å²) < 4.78 is 7.34. The van der Waals surface area contributed by atoms with Crippen LogP contribution in [0.4, 0.5) is 0 Å². The third kappa shape index (κ3) is 5.33. The molecule has 8 nitrogen and oxygen atoms in total. The van der Waals surface area contributed by atoms with Gasteiger partial charge in [-0.15, -0.1) is 5.10 Å². The fourth-order valence-electron chi connectivity index (χ4n) is 4.48. The van der Waals surface area contributed by atoms with E-state index in [1.807, 2.05) is 28.9 Å². The second-order valence-electron chi connectivity index (χ2n) is 10.0. The van der Waals surface area contributed by atoms with Crippen molar-refractivity contribution in [2.75, 3.05) is 7.11 Å². The molecule has 2 aromatic carbocycles. The monoisotopic (exact) mass is 488 g/mol. The summed E-state index contributed by atoms with van der Waals surface area (Å²) >= 11 is 0. The first-order chi connectivity index (χ1) is 17.2. The topological polar surface area (TPSA) is 88.9 Å². The van der Waals surface area contributed by atoms with E-state index in [0.717, 1.165) is 35.3 Å². The van der Waals surface area contributed by atoms with Crippen LogP contribution in [0.2, 0.25) is 0 Å². The molecule has 0 aliphatic rings. The number of ether oxygens (including phenoxy) is 1. The second kappa shape index (κ2) is 10.6. The number of pyridine rings is 1. The highest BCUT2D eigenvalue weighted by Crippen LogP contribution is 2.30.